The van der Waals surface area contributed by atoms with E-state index < -0.39 is 5.60 Å². The summed E-state index contributed by atoms with van der Waals surface area (Å²) in [4.78, 5) is 11.3. The van der Waals surface area contributed by atoms with E-state index in [9.17, 15) is 9.90 Å². The number of benzene rings is 1. The highest BCUT2D eigenvalue weighted by molar-refractivity contribution is 5.87. The highest BCUT2D eigenvalue weighted by atomic mass is 16.3. The lowest BCUT2D eigenvalue weighted by Gasteiger charge is -2.08. The van der Waals surface area contributed by atoms with Crippen molar-refractivity contribution < 1.29 is 9.90 Å². The molecule has 0 aromatic heterocycles. The first kappa shape index (κ1) is 9.21. The summed E-state index contributed by atoms with van der Waals surface area (Å²) in [5.74, 6) is -0.249. The average molecular weight is 191 g/mol. The lowest BCUT2D eigenvalue weighted by molar-refractivity contribution is -0.131. The smallest absolute Gasteiger partial charge is 0.252 e. The fraction of sp³-hybridized carbons (Fsp3) is 0.364. The van der Waals surface area contributed by atoms with Crippen LogP contribution >= 0.6 is 0 Å². The number of carbonyl (C=O) groups excluding carboxylic acids is 1. The lowest BCUT2D eigenvalue weighted by atomic mass is 10.2. The van der Waals surface area contributed by atoms with Gasteiger partial charge in [-0.1, -0.05) is 30.3 Å². The lowest BCUT2D eigenvalue weighted by Crippen LogP contribution is -2.35. The second-order valence-electron chi connectivity index (χ2n) is 3.70. The van der Waals surface area contributed by atoms with Crippen molar-refractivity contribution in [3.05, 3.63) is 35.9 Å². The molecule has 0 unspecified atom stereocenters. The van der Waals surface area contributed by atoms with Crippen LogP contribution in [0.25, 0.3) is 0 Å². The van der Waals surface area contributed by atoms with E-state index in [1.54, 1.807) is 0 Å². The molecule has 0 atom stereocenters. The Morgan fingerprint density at radius 3 is 2.57 bits per heavy atom. The van der Waals surface area contributed by atoms with E-state index in [4.69, 9.17) is 0 Å². The van der Waals surface area contributed by atoms with Crippen LogP contribution in [0.2, 0.25) is 0 Å². The Labute approximate surface area is 82.8 Å². The van der Waals surface area contributed by atoms with E-state index in [0.717, 1.165) is 5.56 Å². The third kappa shape index (κ3) is 1.93. The number of rotatable bonds is 3. The molecule has 1 saturated carbocycles. The Morgan fingerprint density at radius 2 is 2.00 bits per heavy atom. The summed E-state index contributed by atoms with van der Waals surface area (Å²) < 4.78 is 0. The van der Waals surface area contributed by atoms with Crippen LogP contribution in [0.1, 0.15) is 18.4 Å². The summed E-state index contributed by atoms with van der Waals surface area (Å²) >= 11 is 0. The normalized spacial score (nSPS) is 17.5. The molecule has 1 amide bonds. The molecule has 1 aliphatic rings. The molecule has 74 valence electrons. The molecule has 3 heteroatoms. The molecule has 14 heavy (non-hydrogen) atoms. The number of aliphatic hydroxyl groups is 1. The van der Waals surface area contributed by atoms with Gasteiger partial charge in [0.05, 0.1) is 0 Å². The largest absolute Gasteiger partial charge is 0.380 e. The van der Waals surface area contributed by atoms with Gasteiger partial charge in [-0.05, 0) is 18.4 Å². The van der Waals surface area contributed by atoms with Gasteiger partial charge in [-0.3, -0.25) is 4.79 Å². The minimum Gasteiger partial charge on any atom is -0.380 e. The first-order valence-corrected chi connectivity index (χ1v) is 4.75. The average Bonchev–Trinajstić information content (AvgIpc) is 2.96. The molecule has 3 nitrogen and oxygen atoms in total. The molecule has 1 aliphatic carbocycles. The highest BCUT2D eigenvalue weighted by Crippen LogP contribution is 2.34. The van der Waals surface area contributed by atoms with Crippen molar-refractivity contribution in [1.82, 2.24) is 5.32 Å². The molecule has 1 fully saturated rings. The number of hydrogen-bond acceptors (Lipinski definition) is 2. The van der Waals surface area contributed by atoms with Gasteiger partial charge in [0.1, 0.15) is 5.60 Å². The number of amides is 1. The highest BCUT2D eigenvalue weighted by Gasteiger charge is 2.47. The fourth-order valence-corrected chi connectivity index (χ4v) is 1.29. The van der Waals surface area contributed by atoms with Gasteiger partial charge in [-0.2, -0.15) is 0 Å². The van der Waals surface area contributed by atoms with Gasteiger partial charge in [0.15, 0.2) is 0 Å². The summed E-state index contributed by atoms with van der Waals surface area (Å²) in [5, 5.41) is 12.2. The van der Waals surface area contributed by atoms with Crippen LogP contribution in [-0.4, -0.2) is 16.6 Å². The van der Waals surface area contributed by atoms with Crippen molar-refractivity contribution >= 4 is 5.91 Å². The zero-order valence-electron chi connectivity index (χ0n) is 7.86. The van der Waals surface area contributed by atoms with Gasteiger partial charge >= 0.3 is 0 Å². The van der Waals surface area contributed by atoms with Crippen LogP contribution in [0.3, 0.4) is 0 Å². The van der Waals surface area contributed by atoms with Crippen LogP contribution in [0.4, 0.5) is 0 Å². The Balaban J connectivity index is 1.86. The van der Waals surface area contributed by atoms with Gasteiger partial charge < -0.3 is 10.4 Å². The molecule has 2 rings (SSSR count). The zero-order chi connectivity index (χ0) is 10.0. The van der Waals surface area contributed by atoms with Gasteiger partial charge in [0, 0.05) is 6.54 Å². The molecule has 0 bridgehead atoms. The molecule has 0 saturated heterocycles. The third-order valence-electron chi connectivity index (χ3n) is 2.44. The van der Waals surface area contributed by atoms with Gasteiger partial charge in [-0.15, -0.1) is 0 Å². The summed E-state index contributed by atoms with van der Waals surface area (Å²) in [6, 6.07) is 9.66. The van der Waals surface area contributed by atoms with E-state index in [1.165, 1.54) is 0 Å². The number of carbonyl (C=O) groups is 1. The molecule has 0 aliphatic heterocycles. The first-order chi connectivity index (χ1) is 6.71. The van der Waals surface area contributed by atoms with Gasteiger partial charge in [0.2, 0.25) is 0 Å². The molecule has 0 heterocycles. The Bertz CT molecular complexity index is 330. The van der Waals surface area contributed by atoms with Crippen molar-refractivity contribution in [3.8, 4) is 0 Å². The van der Waals surface area contributed by atoms with Crippen molar-refractivity contribution in [1.29, 1.82) is 0 Å². The number of hydrogen-bond donors (Lipinski definition) is 2. The van der Waals surface area contributed by atoms with Crippen LogP contribution in [-0.2, 0) is 11.3 Å². The van der Waals surface area contributed by atoms with E-state index in [2.05, 4.69) is 5.32 Å². The Kier molecular flexibility index (Phi) is 2.25. The summed E-state index contributed by atoms with van der Waals surface area (Å²) in [6.07, 6.45) is 1.18. The standard InChI is InChI=1S/C11H13NO2/c13-10(11(14)6-7-11)12-8-9-4-2-1-3-5-9/h1-5,14H,6-8H2,(H,12,13). The second-order valence-corrected chi connectivity index (χ2v) is 3.70. The van der Waals surface area contributed by atoms with E-state index in [1.807, 2.05) is 30.3 Å². The summed E-state index contributed by atoms with van der Waals surface area (Å²) in [6.45, 7) is 0.488. The number of nitrogens with one attached hydrogen (secondary N) is 1. The van der Waals surface area contributed by atoms with Crippen molar-refractivity contribution in [2.45, 2.75) is 25.0 Å². The maximum atomic E-state index is 11.3. The van der Waals surface area contributed by atoms with Crippen LogP contribution in [0.15, 0.2) is 30.3 Å². The summed E-state index contributed by atoms with van der Waals surface area (Å²) in [5.41, 5.74) is -0.0143. The predicted octanol–water partition coefficient (Wildman–Crippen LogP) is 0.828. The van der Waals surface area contributed by atoms with Crippen molar-refractivity contribution in [2.24, 2.45) is 0 Å². The molecule has 2 N–H and O–H groups in total. The van der Waals surface area contributed by atoms with E-state index >= 15 is 0 Å². The van der Waals surface area contributed by atoms with Crippen molar-refractivity contribution in [2.75, 3.05) is 0 Å². The Morgan fingerprint density at radius 1 is 1.36 bits per heavy atom. The second kappa shape index (κ2) is 3.42. The van der Waals surface area contributed by atoms with E-state index in [0.29, 0.717) is 19.4 Å². The topological polar surface area (TPSA) is 49.3 Å². The third-order valence-corrected chi connectivity index (χ3v) is 2.44. The SMILES string of the molecule is O=C(NCc1ccccc1)C1(O)CC1. The monoisotopic (exact) mass is 191 g/mol. The fourth-order valence-electron chi connectivity index (χ4n) is 1.29. The zero-order valence-corrected chi connectivity index (χ0v) is 7.86. The van der Waals surface area contributed by atoms with Crippen LogP contribution in [0.5, 0.6) is 0 Å². The van der Waals surface area contributed by atoms with E-state index in [-0.39, 0.29) is 5.91 Å². The molecule has 1 aromatic rings. The maximum Gasteiger partial charge on any atom is 0.252 e. The molecular formula is C11H13NO2. The first-order valence-electron chi connectivity index (χ1n) is 4.75. The van der Waals surface area contributed by atoms with Crippen molar-refractivity contribution in [3.63, 3.8) is 0 Å². The quantitative estimate of drug-likeness (QED) is 0.743. The Hall–Kier alpha value is -1.35. The summed E-state index contributed by atoms with van der Waals surface area (Å²) in [7, 11) is 0. The van der Waals surface area contributed by atoms with Gasteiger partial charge in [0.25, 0.3) is 5.91 Å². The molecular weight excluding hydrogens is 178 g/mol. The molecule has 1 aromatic carbocycles. The van der Waals surface area contributed by atoms with Crippen LogP contribution in [0, 0.1) is 0 Å². The molecule has 0 radical (unpaired) electrons. The van der Waals surface area contributed by atoms with Crippen LogP contribution < -0.4 is 5.32 Å². The van der Waals surface area contributed by atoms with Gasteiger partial charge in [-0.25, -0.2) is 0 Å². The maximum absolute atomic E-state index is 11.3. The molecule has 0 spiro atoms. The predicted molar refractivity (Wildman–Crippen MR) is 52.5 cm³/mol. The minimum absolute atomic E-state index is 0.249. The minimum atomic E-state index is -1.06.